The maximum absolute atomic E-state index is 13.1. The lowest BCUT2D eigenvalue weighted by Gasteiger charge is -2.15. The van der Waals surface area contributed by atoms with E-state index in [9.17, 15) is 14.4 Å². The lowest BCUT2D eigenvalue weighted by Crippen LogP contribution is -2.30. The Balaban J connectivity index is 1.87. The second kappa shape index (κ2) is 8.95. The van der Waals surface area contributed by atoms with Crippen molar-refractivity contribution in [3.8, 4) is 22.4 Å². The van der Waals surface area contributed by atoms with E-state index in [-0.39, 0.29) is 47.6 Å². The lowest BCUT2D eigenvalue weighted by atomic mass is 9.97. The summed E-state index contributed by atoms with van der Waals surface area (Å²) in [6, 6.07) is 16.3. The molecule has 6 nitrogen and oxygen atoms in total. The molecule has 0 bridgehead atoms. The molecule has 5 rings (SSSR count). The number of aromatic nitrogens is 1. The lowest BCUT2D eigenvalue weighted by molar-refractivity contribution is -0.121. The van der Waals surface area contributed by atoms with Crippen molar-refractivity contribution >= 4 is 57.6 Å². The van der Waals surface area contributed by atoms with Crippen LogP contribution in [-0.2, 0) is 9.59 Å². The number of amides is 2. The Bertz CT molecular complexity index is 1490. The van der Waals surface area contributed by atoms with E-state index in [2.05, 4.69) is 0 Å². The van der Waals surface area contributed by atoms with Crippen molar-refractivity contribution in [2.45, 2.75) is 26.7 Å². The van der Waals surface area contributed by atoms with Gasteiger partial charge in [-0.25, -0.2) is 9.88 Å². The first kappa shape index (κ1) is 23.3. The molecule has 0 unspecified atom stereocenters. The second-order valence-corrected chi connectivity index (χ2v) is 9.49. The third-order valence-corrected chi connectivity index (χ3v) is 6.55. The molecule has 0 spiro atoms. The first-order chi connectivity index (χ1) is 16.8. The molecule has 35 heavy (non-hydrogen) atoms. The summed E-state index contributed by atoms with van der Waals surface area (Å²) >= 11 is 12.6. The molecule has 0 aliphatic carbocycles. The third-order valence-electron chi connectivity index (χ3n) is 5.96. The Morgan fingerprint density at radius 3 is 2.26 bits per heavy atom. The number of hydrogen-bond acceptors (Lipinski definition) is 5. The number of nitrogens with zero attached hydrogens (tertiary/aromatic N) is 2. The number of anilines is 1. The zero-order valence-corrected chi connectivity index (χ0v) is 20.5. The zero-order chi connectivity index (χ0) is 24.9. The van der Waals surface area contributed by atoms with Gasteiger partial charge in [0.2, 0.25) is 23.3 Å². The molecule has 1 aliphatic heterocycles. The molecule has 0 atom stereocenters. The molecule has 8 heteroatoms. The summed E-state index contributed by atoms with van der Waals surface area (Å²) in [5.74, 6) is -1.54. The molecule has 1 saturated heterocycles. The number of rotatable bonds is 5. The van der Waals surface area contributed by atoms with E-state index in [1.165, 1.54) is 0 Å². The van der Waals surface area contributed by atoms with Crippen LogP contribution in [0.5, 0.6) is 0 Å². The van der Waals surface area contributed by atoms with Crippen molar-refractivity contribution in [1.29, 1.82) is 0 Å². The summed E-state index contributed by atoms with van der Waals surface area (Å²) < 4.78 is 5.97. The van der Waals surface area contributed by atoms with Crippen LogP contribution >= 0.6 is 23.2 Å². The SMILES string of the molecule is CC(C)C(=O)c1oc2nc(-c3ccccc3Cl)c(-c3ccc(Cl)cc3)cc2c1N1C(=O)CCC1=O. The number of hydrogen-bond donors (Lipinski definition) is 0. The van der Waals surface area contributed by atoms with Gasteiger partial charge in [-0.2, -0.15) is 0 Å². The van der Waals surface area contributed by atoms with Crippen LogP contribution in [0.15, 0.2) is 59.0 Å². The molecule has 0 N–H and O–H groups in total. The van der Waals surface area contributed by atoms with Crippen LogP contribution in [0.25, 0.3) is 33.5 Å². The van der Waals surface area contributed by atoms with Gasteiger partial charge in [-0.05, 0) is 29.8 Å². The maximum Gasteiger partial charge on any atom is 0.234 e. The Labute approximate surface area is 211 Å². The van der Waals surface area contributed by atoms with Crippen LogP contribution in [0.4, 0.5) is 5.69 Å². The highest BCUT2D eigenvalue weighted by Crippen LogP contribution is 2.43. The van der Waals surface area contributed by atoms with Crippen LogP contribution in [0.1, 0.15) is 37.2 Å². The highest BCUT2D eigenvalue weighted by atomic mass is 35.5. The van der Waals surface area contributed by atoms with Crippen molar-refractivity contribution in [3.63, 3.8) is 0 Å². The van der Waals surface area contributed by atoms with Crippen molar-refractivity contribution in [2.24, 2.45) is 5.92 Å². The van der Waals surface area contributed by atoms with Crippen molar-refractivity contribution in [2.75, 3.05) is 4.90 Å². The van der Waals surface area contributed by atoms with Crippen molar-refractivity contribution in [3.05, 3.63) is 70.4 Å². The fourth-order valence-corrected chi connectivity index (χ4v) is 4.55. The van der Waals surface area contributed by atoms with E-state index in [0.29, 0.717) is 32.3 Å². The molecular formula is C27H20Cl2N2O4. The predicted octanol–water partition coefficient (Wildman–Crippen LogP) is 6.96. The van der Waals surface area contributed by atoms with Gasteiger partial charge < -0.3 is 4.42 Å². The van der Waals surface area contributed by atoms with E-state index in [1.807, 2.05) is 30.3 Å². The second-order valence-electron chi connectivity index (χ2n) is 8.65. The quantitative estimate of drug-likeness (QED) is 0.216. The molecule has 176 valence electrons. The fraction of sp³-hybridized carbons (Fsp3) is 0.185. The number of fused-ring (bicyclic) bond motifs is 1. The average molecular weight is 507 g/mol. The molecule has 2 aromatic carbocycles. The summed E-state index contributed by atoms with van der Waals surface area (Å²) in [5.41, 5.74) is 2.98. The highest BCUT2D eigenvalue weighted by Gasteiger charge is 2.38. The number of benzene rings is 2. The summed E-state index contributed by atoms with van der Waals surface area (Å²) in [4.78, 5) is 44.3. The molecule has 0 radical (unpaired) electrons. The van der Waals surface area contributed by atoms with E-state index in [4.69, 9.17) is 32.6 Å². The smallest absolute Gasteiger partial charge is 0.234 e. The monoisotopic (exact) mass is 506 g/mol. The summed E-state index contributed by atoms with van der Waals surface area (Å²) in [6.45, 7) is 3.46. The van der Waals surface area contributed by atoms with Crippen molar-refractivity contribution < 1.29 is 18.8 Å². The number of pyridine rings is 1. The van der Waals surface area contributed by atoms with Crippen LogP contribution in [0.3, 0.4) is 0 Å². The standard InChI is InChI=1S/C27H20Cl2N2O4/c1-14(2)25(34)26-24(31-21(32)11-12-22(31)33)19-13-18(15-7-9-16(28)10-8-15)23(30-27(19)35-26)17-5-3-4-6-20(17)29/h3-10,13-14H,11-12H2,1-2H3. The first-order valence-electron chi connectivity index (χ1n) is 11.1. The number of furan rings is 1. The number of imide groups is 1. The van der Waals surface area contributed by atoms with Gasteiger partial charge in [0.1, 0.15) is 5.69 Å². The minimum absolute atomic E-state index is 0.0514. The maximum atomic E-state index is 13.1. The number of ketones is 1. The third kappa shape index (κ3) is 4.03. The Hall–Kier alpha value is -3.48. The van der Waals surface area contributed by atoms with E-state index in [0.717, 1.165) is 10.5 Å². The molecular weight excluding hydrogens is 487 g/mol. The molecule has 2 amide bonds. The van der Waals surface area contributed by atoms with Gasteiger partial charge in [0, 0.05) is 39.9 Å². The van der Waals surface area contributed by atoms with Gasteiger partial charge >= 0.3 is 0 Å². The number of halogens is 2. The van der Waals surface area contributed by atoms with Crippen LogP contribution in [-0.4, -0.2) is 22.6 Å². The normalized spacial score (nSPS) is 13.9. The summed E-state index contributed by atoms with van der Waals surface area (Å²) in [7, 11) is 0. The molecule has 1 aliphatic rings. The Morgan fingerprint density at radius 2 is 1.63 bits per heavy atom. The molecule has 2 aromatic heterocycles. The van der Waals surface area contributed by atoms with Crippen LogP contribution in [0, 0.1) is 5.92 Å². The molecule has 0 saturated carbocycles. The van der Waals surface area contributed by atoms with Gasteiger partial charge in [0.25, 0.3) is 0 Å². The number of carbonyl (C=O) groups excluding carboxylic acids is 3. The fourth-order valence-electron chi connectivity index (χ4n) is 4.20. The van der Waals surface area contributed by atoms with Crippen molar-refractivity contribution in [1.82, 2.24) is 4.98 Å². The minimum Gasteiger partial charge on any atom is -0.432 e. The van der Waals surface area contributed by atoms with Crippen LogP contribution in [0.2, 0.25) is 10.0 Å². The van der Waals surface area contributed by atoms with Gasteiger partial charge in [-0.3, -0.25) is 14.4 Å². The van der Waals surface area contributed by atoms with Gasteiger partial charge in [-0.1, -0.05) is 67.4 Å². The van der Waals surface area contributed by atoms with E-state index >= 15 is 0 Å². The Morgan fingerprint density at radius 1 is 0.971 bits per heavy atom. The molecule has 3 heterocycles. The zero-order valence-electron chi connectivity index (χ0n) is 19.0. The average Bonchev–Trinajstić information content (AvgIpc) is 3.36. The molecule has 4 aromatic rings. The minimum atomic E-state index is -0.416. The van der Waals surface area contributed by atoms with Gasteiger partial charge in [-0.15, -0.1) is 0 Å². The van der Waals surface area contributed by atoms with Crippen LogP contribution < -0.4 is 4.90 Å². The summed E-state index contributed by atoms with van der Waals surface area (Å²) in [5, 5.41) is 1.47. The topological polar surface area (TPSA) is 80.5 Å². The molecule has 1 fully saturated rings. The predicted molar refractivity (Wildman–Crippen MR) is 136 cm³/mol. The number of Topliss-reactive ketones (excluding diaryl/α,β-unsaturated/α-hetero) is 1. The van der Waals surface area contributed by atoms with E-state index in [1.54, 1.807) is 38.1 Å². The Kier molecular flexibility index (Phi) is 5.95. The van der Waals surface area contributed by atoms with Gasteiger partial charge in [0.05, 0.1) is 11.1 Å². The highest BCUT2D eigenvalue weighted by molar-refractivity contribution is 6.33. The van der Waals surface area contributed by atoms with E-state index < -0.39 is 5.92 Å². The van der Waals surface area contributed by atoms with Gasteiger partial charge in [0.15, 0.2) is 5.76 Å². The summed E-state index contributed by atoms with van der Waals surface area (Å²) in [6.07, 6.45) is 0.159. The number of carbonyl (C=O) groups is 3. The first-order valence-corrected chi connectivity index (χ1v) is 11.9. The largest absolute Gasteiger partial charge is 0.432 e.